The van der Waals surface area contributed by atoms with E-state index in [1.807, 2.05) is 6.07 Å². The number of ether oxygens (including phenoxy) is 1. The van der Waals surface area contributed by atoms with Gasteiger partial charge in [-0.3, -0.25) is 4.90 Å². The van der Waals surface area contributed by atoms with Crippen molar-refractivity contribution < 1.29 is 4.74 Å². The first-order valence-electron chi connectivity index (χ1n) is 8.29. The second-order valence-corrected chi connectivity index (χ2v) is 6.39. The van der Waals surface area contributed by atoms with Crippen LogP contribution in [0.1, 0.15) is 45.2 Å². The van der Waals surface area contributed by atoms with Crippen LogP contribution in [-0.2, 0) is 4.74 Å². The molecule has 3 atom stereocenters. The van der Waals surface area contributed by atoms with Gasteiger partial charge in [0.2, 0.25) is 0 Å². The Morgan fingerprint density at radius 2 is 2.00 bits per heavy atom. The molecule has 0 aliphatic carbocycles. The molecule has 2 N–H and O–H groups in total. The molecule has 1 aliphatic heterocycles. The van der Waals surface area contributed by atoms with Crippen molar-refractivity contribution in [1.29, 1.82) is 0 Å². The number of likely N-dealkylation sites (tertiary alicyclic amines) is 1. The molecular weight excluding hydrogens is 260 g/mol. The highest BCUT2D eigenvalue weighted by molar-refractivity contribution is 5.20. The summed E-state index contributed by atoms with van der Waals surface area (Å²) in [6, 6.07) is 10.9. The normalized spacial score (nSPS) is 23.2. The van der Waals surface area contributed by atoms with E-state index < -0.39 is 0 Å². The summed E-state index contributed by atoms with van der Waals surface area (Å²) < 4.78 is 5.85. The predicted octanol–water partition coefficient (Wildman–Crippen LogP) is 3.21. The van der Waals surface area contributed by atoms with E-state index in [1.165, 1.54) is 18.4 Å². The van der Waals surface area contributed by atoms with Crippen LogP contribution in [0.15, 0.2) is 30.3 Å². The molecule has 0 spiro atoms. The molecule has 0 bridgehead atoms. The number of piperidine rings is 1. The second kappa shape index (κ2) is 7.92. The molecule has 3 nitrogen and oxygen atoms in total. The summed E-state index contributed by atoms with van der Waals surface area (Å²) in [6.45, 7) is 9.57. The zero-order chi connectivity index (χ0) is 15.2. The molecule has 21 heavy (non-hydrogen) atoms. The molecule has 1 aromatic rings. The summed E-state index contributed by atoms with van der Waals surface area (Å²) in [4.78, 5) is 2.55. The Balaban J connectivity index is 2.11. The summed E-state index contributed by atoms with van der Waals surface area (Å²) in [6.07, 6.45) is 2.75. The van der Waals surface area contributed by atoms with Gasteiger partial charge in [-0.2, -0.15) is 0 Å². The Morgan fingerprint density at radius 3 is 2.62 bits per heavy atom. The van der Waals surface area contributed by atoms with Crippen molar-refractivity contribution in [3.63, 3.8) is 0 Å². The highest BCUT2D eigenvalue weighted by Gasteiger charge is 2.32. The zero-order valence-corrected chi connectivity index (χ0v) is 13.7. The van der Waals surface area contributed by atoms with E-state index in [0.717, 1.165) is 19.7 Å². The van der Waals surface area contributed by atoms with Gasteiger partial charge in [-0.25, -0.2) is 0 Å². The van der Waals surface area contributed by atoms with Crippen LogP contribution in [-0.4, -0.2) is 36.7 Å². The van der Waals surface area contributed by atoms with Crippen molar-refractivity contribution in [1.82, 2.24) is 4.90 Å². The SMILES string of the molecule is CCOC1CCCN(C(C(C)C)C(N)c2ccccc2)C1. The smallest absolute Gasteiger partial charge is 0.0702 e. The van der Waals surface area contributed by atoms with E-state index in [1.54, 1.807) is 0 Å². The van der Waals surface area contributed by atoms with Crippen molar-refractivity contribution in [2.24, 2.45) is 11.7 Å². The van der Waals surface area contributed by atoms with Gasteiger partial charge in [-0.1, -0.05) is 44.2 Å². The lowest BCUT2D eigenvalue weighted by atomic mass is 9.89. The Morgan fingerprint density at radius 1 is 1.29 bits per heavy atom. The quantitative estimate of drug-likeness (QED) is 0.874. The number of nitrogens with zero attached hydrogens (tertiary/aromatic N) is 1. The van der Waals surface area contributed by atoms with E-state index in [4.69, 9.17) is 10.5 Å². The molecular formula is C18H30N2O. The monoisotopic (exact) mass is 290 g/mol. The van der Waals surface area contributed by atoms with Gasteiger partial charge in [0, 0.05) is 25.2 Å². The summed E-state index contributed by atoms with van der Waals surface area (Å²) in [7, 11) is 0. The van der Waals surface area contributed by atoms with E-state index in [9.17, 15) is 0 Å². The largest absolute Gasteiger partial charge is 0.377 e. The van der Waals surface area contributed by atoms with E-state index in [0.29, 0.717) is 18.1 Å². The third-order valence-electron chi connectivity index (χ3n) is 4.47. The molecule has 3 unspecified atom stereocenters. The first-order chi connectivity index (χ1) is 10.1. The molecule has 118 valence electrons. The first kappa shape index (κ1) is 16.5. The van der Waals surface area contributed by atoms with Crippen molar-refractivity contribution in [2.45, 2.75) is 51.8 Å². The summed E-state index contributed by atoms with van der Waals surface area (Å²) >= 11 is 0. The topological polar surface area (TPSA) is 38.5 Å². The van der Waals surface area contributed by atoms with Crippen molar-refractivity contribution >= 4 is 0 Å². The summed E-state index contributed by atoms with van der Waals surface area (Å²) in [5.74, 6) is 0.528. The van der Waals surface area contributed by atoms with E-state index >= 15 is 0 Å². The minimum Gasteiger partial charge on any atom is -0.377 e. The van der Waals surface area contributed by atoms with Crippen molar-refractivity contribution in [3.8, 4) is 0 Å². The fourth-order valence-corrected chi connectivity index (χ4v) is 3.54. The average Bonchev–Trinajstić information content (AvgIpc) is 2.48. The maximum Gasteiger partial charge on any atom is 0.0702 e. The summed E-state index contributed by atoms with van der Waals surface area (Å²) in [5.41, 5.74) is 7.84. The molecule has 0 aromatic heterocycles. The number of hydrogen-bond acceptors (Lipinski definition) is 3. The van der Waals surface area contributed by atoms with Crippen LogP contribution in [0.25, 0.3) is 0 Å². The van der Waals surface area contributed by atoms with Gasteiger partial charge in [0.05, 0.1) is 6.10 Å². The van der Waals surface area contributed by atoms with E-state index in [2.05, 4.69) is 49.9 Å². The standard InChI is InChI=1S/C18H30N2O/c1-4-21-16-11-8-12-20(13-16)18(14(2)3)17(19)15-9-6-5-7-10-15/h5-7,9-10,14,16-18H,4,8,11-13,19H2,1-3H3. The average molecular weight is 290 g/mol. The highest BCUT2D eigenvalue weighted by atomic mass is 16.5. The van der Waals surface area contributed by atoms with Crippen LogP contribution in [0.4, 0.5) is 0 Å². The van der Waals surface area contributed by atoms with E-state index in [-0.39, 0.29) is 6.04 Å². The minimum atomic E-state index is 0.0616. The minimum absolute atomic E-state index is 0.0616. The third kappa shape index (κ3) is 4.29. The van der Waals surface area contributed by atoms with Crippen LogP contribution < -0.4 is 5.73 Å². The van der Waals surface area contributed by atoms with Crippen LogP contribution in [0.3, 0.4) is 0 Å². The molecule has 1 fully saturated rings. The van der Waals surface area contributed by atoms with Gasteiger partial charge in [0.25, 0.3) is 0 Å². The maximum absolute atomic E-state index is 6.61. The Bertz CT molecular complexity index is 405. The Labute approximate surface area is 129 Å². The lowest BCUT2D eigenvalue weighted by molar-refractivity contribution is -0.0185. The molecule has 1 heterocycles. The summed E-state index contributed by atoms with van der Waals surface area (Å²) in [5, 5.41) is 0. The van der Waals surface area contributed by atoms with Crippen LogP contribution in [0.2, 0.25) is 0 Å². The lowest BCUT2D eigenvalue weighted by Gasteiger charge is -2.42. The Hall–Kier alpha value is -0.900. The third-order valence-corrected chi connectivity index (χ3v) is 4.47. The molecule has 1 saturated heterocycles. The number of nitrogens with two attached hydrogens (primary N) is 1. The number of benzene rings is 1. The van der Waals surface area contributed by atoms with Crippen molar-refractivity contribution in [3.05, 3.63) is 35.9 Å². The molecule has 0 radical (unpaired) electrons. The highest BCUT2D eigenvalue weighted by Crippen LogP contribution is 2.28. The maximum atomic E-state index is 6.61. The predicted molar refractivity (Wildman–Crippen MR) is 88.2 cm³/mol. The molecule has 1 aliphatic rings. The molecule has 1 aromatic carbocycles. The lowest BCUT2D eigenvalue weighted by Crippen LogP contribution is -2.51. The van der Waals surface area contributed by atoms with Gasteiger partial charge >= 0.3 is 0 Å². The fourth-order valence-electron chi connectivity index (χ4n) is 3.54. The number of hydrogen-bond donors (Lipinski definition) is 1. The molecule has 0 saturated carbocycles. The molecule has 2 rings (SSSR count). The van der Waals surface area contributed by atoms with Gasteiger partial charge in [0.15, 0.2) is 0 Å². The fraction of sp³-hybridized carbons (Fsp3) is 0.667. The second-order valence-electron chi connectivity index (χ2n) is 6.39. The van der Waals surface area contributed by atoms with Crippen molar-refractivity contribution in [2.75, 3.05) is 19.7 Å². The van der Waals surface area contributed by atoms with Crippen LogP contribution in [0.5, 0.6) is 0 Å². The first-order valence-corrected chi connectivity index (χ1v) is 8.29. The van der Waals surface area contributed by atoms with Crippen LogP contribution in [0, 0.1) is 5.92 Å². The number of rotatable bonds is 6. The zero-order valence-electron chi connectivity index (χ0n) is 13.7. The molecule has 0 amide bonds. The van der Waals surface area contributed by atoms with Gasteiger partial charge < -0.3 is 10.5 Å². The molecule has 3 heteroatoms. The van der Waals surface area contributed by atoms with Gasteiger partial charge in [0.1, 0.15) is 0 Å². The van der Waals surface area contributed by atoms with Gasteiger partial charge in [-0.15, -0.1) is 0 Å². The Kier molecular flexibility index (Phi) is 6.22. The van der Waals surface area contributed by atoms with Crippen LogP contribution >= 0.6 is 0 Å². The van der Waals surface area contributed by atoms with Gasteiger partial charge in [-0.05, 0) is 37.8 Å².